The number of ether oxygens (including phenoxy) is 1. The Kier molecular flexibility index (Phi) is 6.06. The average molecular weight is 346 g/mol. The van der Waals surface area contributed by atoms with E-state index < -0.39 is 5.97 Å². The van der Waals surface area contributed by atoms with Crippen LogP contribution in [0.15, 0.2) is 18.2 Å². The van der Waals surface area contributed by atoms with Crippen molar-refractivity contribution in [3.05, 3.63) is 33.8 Å². The molecule has 0 spiro atoms. The van der Waals surface area contributed by atoms with Gasteiger partial charge in [0.05, 0.1) is 16.5 Å². The molecular weight excluding hydrogens is 329 g/mol. The maximum absolute atomic E-state index is 12.7. The summed E-state index contributed by atoms with van der Waals surface area (Å²) >= 11 is 11.8. The lowest BCUT2D eigenvalue weighted by atomic mass is 10.0. The third kappa shape index (κ3) is 4.35. The van der Waals surface area contributed by atoms with Gasteiger partial charge in [0.25, 0.3) is 5.91 Å². The molecule has 0 unspecified atom stereocenters. The summed E-state index contributed by atoms with van der Waals surface area (Å²) in [6, 6.07) is 4.66. The zero-order valence-corrected chi connectivity index (χ0v) is 13.4. The molecule has 0 saturated carbocycles. The first kappa shape index (κ1) is 17.1. The van der Waals surface area contributed by atoms with Crippen molar-refractivity contribution in [3.8, 4) is 0 Å². The Labute approximate surface area is 138 Å². The number of carbonyl (C=O) groups is 2. The average Bonchev–Trinajstić information content (AvgIpc) is 2.51. The Hall–Kier alpha value is -1.30. The van der Waals surface area contributed by atoms with E-state index in [1.807, 2.05) is 0 Å². The molecular formula is C15H17Cl2NO4. The van der Waals surface area contributed by atoms with Crippen molar-refractivity contribution in [3.63, 3.8) is 0 Å². The van der Waals surface area contributed by atoms with E-state index in [9.17, 15) is 9.59 Å². The number of carbonyl (C=O) groups excluding carboxylic acids is 1. The molecule has 1 amide bonds. The standard InChI is InChI=1S/C15H17Cl2NO4/c16-12-2-1-10(9-13(12)17)15(21)18(6-3-14(19)20)11-4-7-22-8-5-11/h1-2,9,11H,3-8H2,(H,19,20). The predicted molar refractivity (Wildman–Crippen MR) is 83.6 cm³/mol. The van der Waals surface area contributed by atoms with Crippen molar-refractivity contribution in [2.45, 2.75) is 25.3 Å². The molecule has 1 N–H and O–H groups in total. The van der Waals surface area contributed by atoms with Crippen LogP contribution in [0.5, 0.6) is 0 Å². The van der Waals surface area contributed by atoms with Crippen LogP contribution in [0.1, 0.15) is 29.6 Å². The zero-order valence-electron chi connectivity index (χ0n) is 11.9. The first-order valence-electron chi connectivity index (χ1n) is 7.04. The highest BCUT2D eigenvalue weighted by molar-refractivity contribution is 6.42. The number of benzene rings is 1. The van der Waals surface area contributed by atoms with E-state index in [4.69, 9.17) is 33.0 Å². The molecule has 1 aliphatic rings. The molecule has 1 fully saturated rings. The number of carboxylic acid groups (broad SMARTS) is 1. The van der Waals surface area contributed by atoms with E-state index in [2.05, 4.69) is 0 Å². The topological polar surface area (TPSA) is 66.8 Å². The van der Waals surface area contributed by atoms with Crippen molar-refractivity contribution in [1.29, 1.82) is 0 Å². The lowest BCUT2D eigenvalue weighted by Crippen LogP contribution is -2.44. The fourth-order valence-corrected chi connectivity index (χ4v) is 2.76. The van der Waals surface area contributed by atoms with Crippen molar-refractivity contribution < 1.29 is 19.4 Å². The molecule has 1 heterocycles. The number of carboxylic acids is 1. The quantitative estimate of drug-likeness (QED) is 0.890. The van der Waals surface area contributed by atoms with Gasteiger partial charge in [0.15, 0.2) is 0 Å². The molecule has 120 valence electrons. The van der Waals surface area contributed by atoms with Gasteiger partial charge in [-0.3, -0.25) is 9.59 Å². The third-order valence-corrected chi connectivity index (χ3v) is 4.36. The SMILES string of the molecule is O=C(O)CCN(C(=O)c1ccc(Cl)c(Cl)c1)C1CCOCC1. The maximum atomic E-state index is 12.7. The summed E-state index contributed by atoms with van der Waals surface area (Å²) in [5, 5.41) is 9.57. The highest BCUT2D eigenvalue weighted by Crippen LogP contribution is 2.25. The molecule has 0 atom stereocenters. The highest BCUT2D eigenvalue weighted by Gasteiger charge is 2.27. The number of aliphatic carboxylic acids is 1. The minimum absolute atomic E-state index is 0.0185. The molecule has 0 bridgehead atoms. The monoisotopic (exact) mass is 345 g/mol. The van der Waals surface area contributed by atoms with Crippen LogP contribution < -0.4 is 0 Å². The molecule has 7 heteroatoms. The first-order chi connectivity index (χ1) is 10.5. The van der Waals surface area contributed by atoms with Gasteiger partial charge in [-0.2, -0.15) is 0 Å². The van der Waals surface area contributed by atoms with Crippen LogP contribution in [0.25, 0.3) is 0 Å². The van der Waals surface area contributed by atoms with Crippen LogP contribution in [0, 0.1) is 0 Å². The summed E-state index contributed by atoms with van der Waals surface area (Å²) in [6.45, 7) is 1.31. The highest BCUT2D eigenvalue weighted by atomic mass is 35.5. The molecule has 0 aromatic heterocycles. The van der Waals surface area contributed by atoms with Crippen molar-refractivity contribution in [2.24, 2.45) is 0 Å². The van der Waals surface area contributed by atoms with Crippen molar-refractivity contribution in [2.75, 3.05) is 19.8 Å². The predicted octanol–water partition coefficient (Wildman–Crippen LogP) is 3.09. The number of halogens is 2. The zero-order chi connectivity index (χ0) is 16.1. The molecule has 0 aliphatic carbocycles. The number of hydrogen-bond donors (Lipinski definition) is 1. The van der Waals surface area contributed by atoms with Crippen LogP contribution in [0.3, 0.4) is 0 Å². The van der Waals surface area contributed by atoms with Gasteiger partial charge in [-0.15, -0.1) is 0 Å². The van der Waals surface area contributed by atoms with Gasteiger partial charge in [-0.05, 0) is 31.0 Å². The van der Waals surface area contributed by atoms with Crippen molar-refractivity contribution in [1.82, 2.24) is 4.90 Å². The Morgan fingerprint density at radius 3 is 2.50 bits per heavy atom. The fourth-order valence-electron chi connectivity index (χ4n) is 2.46. The minimum atomic E-state index is -0.931. The smallest absolute Gasteiger partial charge is 0.305 e. The first-order valence-corrected chi connectivity index (χ1v) is 7.80. The summed E-state index contributed by atoms with van der Waals surface area (Å²) < 4.78 is 5.30. The second-order valence-corrected chi connectivity index (χ2v) is 5.93. The van der Waals surface area contributed by atoms with Crippen LogP contribution in [-0.2, 0) is 9.53 Å². The molecule has 2 rings (SSSR count). The van der Waals surface area contributed by atoms with Gasteiger partial charge in [-0.1, -0.05) is 23.2 Å². The molecule has 22 heavy (non-hydrogen) atoms. The summed E-state index contributed by atoms with van der Waals surface area (Å²) in [6.07, 6.45) is 1.31. The molecule has 5 nitrogen and oxygen atoms in total. The molecule has 0 radical (unpaired) electrons. The maximum Gasteiger partial charge on any atom is 0.305 e. The van der Waals surface area contributed by atoms with Crippen LogP contribution >= 0.6 is 23.2 Å². The van der Waals surface area contributed by atoms with E-state index in [0.29, 0.717) is 41.7 Å². The van der Waals surface area contributed by atoms with Gasteiger partial charge in [-0.25, -0.2) is 0 Å². The van der Waals surface area contributed by atoms with Crippen LogP contribution in [0.2, 0.25) is 10.0 Å². The fraction of sp³-hybridized carbons (Fsp3) is 0.467. The minimum Gasteiger partial charge on any atom is -0.481 e. The number of hydrogen-bond acceptors (Lipinski definition) is 3. The summed E-state index contributed by atoms with van der Waals surface area (Å²) in [5.41, 5.74) is 0.409. The number of amides is 1. The van der Waals surface area contributed by atoms with Gasteiger partial charge >= 0.3 is 5.97 Å². The lowest BCUT2D eigenvalue weighted by Gasteiger charge is -2.34. The molecule has 1 aromatic carbocycles. The number of rotatable bonds is 5. The van der Waals surface area contributed by atoms with Gasteiger partial charge < -0.3 is 14.7 Å². The molecule has 1 aromatic rings. The summed E-state index contributed by atoms with van der Waals surface area (Å²) in [4.78, 5) is 25.2. The summed E-state index contributed by atoms with van der Waals surface area (Å²) in [5.74, 6) is -1.16. The van der Waals surface area contributed by atoms with Gasteiger partial charge in [0.1, 0.15) is 0 Å². The molecule has 1 aliphatic heterocycles. The van der Waals surface area contributed by atoms with Gasteiger partial charge in [0, 0.05) is 31.4 Å². The third-order valence-electron chi connectivity index (χ3n) is 3.63. The largest absolute Gasteiger partial charge is 0.481 e. The van der Waals surface area contributed by atoms with E-state index >= 15 is 0 Å². The lowest BCUT2D eigenvalue weighted by molar-refractivity contribution is -0.137. The van der Waals surface area contributed by atoms with E-state index in [1.165, 1.54) is 6.07 Å². The van der Waals surface area contributed by atoms with E-state index in [0.717, 1.165) is 0 Å². The van der Waals surface area contributed by atoms with Crippen LogP contribution in [-0.4, -0.2) is 47.7 Å². The second-order valence-electron chi connectivity index (χ2n) is 5.11. The summed E-state index contributed by atoms with van der Waals surface area (Å²) in [7, 11) is 0. The second kappa shape index (κ2) is 7.81. The van der Waals surface area contributed by atoms with Gasteiger partial charge in [0.2, 0.25) is 0 Å². The normalized spacial score (nSPS) is 15.5. The Bertz CT molecular complexity index is 558. The Balaban J connectivity index is 2.19. The number of nitrogens with zero attached hydrogens (tertiary/aromatic N) is 1. The van der Waals surface area contributed by atoms with E-state index in [1.54, 1.807) is 17.0 Å². The van der Waals surface area contributed by atoms with E-state index in [-0.39, 0.29) is 24.9 Å². The Morgan fingerprint density at radius 2 is 1.91 bits per heavy atom. The molecule has 1 saturated heterocycles. The van der Waals surface area contributed by atoms with Crippen LogP contribution in [0.4, 0.5) is 0 Å². The van der Waals surface area contributed by atoms with Crippen molar-refractivity contribution >= 4 is 35.1 Å². The Morgan fingerprint density at radius 1 is 1.23 bits per heavy atom.